The third kappa shape index (κ3) is 2.11. The van der Waals surface area contributed by atoms with Crippen LogP contribution in [-0.4, -0.2) is 37.9 Å². The number of hydrogen-bond acceptors (Lipinski definition) is 5. The van der Waals surface area contributed by atoms with Crippen molar-refractivity contribution in [2.24, 2.45) is 34.5 Å². The van der Waals surface area contributed by atoms with Gasteiger partial charge in [0.2, 0.25) is 0 Å². The third-order valence-electron chi connectivity index (χ3n) is 8.32. The number of carbonyl (C=O) groups is 2. The molecule has 5 heteroatoms. The van der Waals surface area contributed by atoms with Crippen molar-refractivity contribution in [3.05, 3.63) is 0 Å². The Hall–Kier alpha value is -1.10. The number of carbonyl (C=O) groups excluding carboxylic acids is 2. The topological polar surface area (TPSA) is 61.8 Å². The predicted molar refractivity (Wildman–Crippen MR) is 88.5 cm³/mol. The van der Waals surface area contributed by atoms with Crippen LogP contribution in [0.3, 0.4) is 0 Å². The summed E-state index contributed by atoms with van der Waals surface area (Å²) in [6, 6.07) is 0. The van der Waals surface area contributed by atoms with Crippen LogP contribution < -0.4 is 0 Å². The van der Waals surface area contributed by atoms with E-state index >= 15 is 0 Å². The normalized spacial score (nSPS) is 52.0. The Morgan fingerprint density at radius 2 is 1.92 bits per heavy atom. The lowest BCUT2D eigenvalue weighted by molar-refractivity contribution is -0.203. The Morgan fingerprint density at radius 1 is 1.04 bits per heavy atom. The van der Waals surface area contributed by atoms with Gasteiger partial charge in [0.05, 0.1) is 25.0 Å². The highest BCUT2D eigenvalue weighted by molar-refractivity contribution is 5.77. The quantitative estimate of drug-likeness (QED) is 0.682. The SMILES string of the molecule is C[C@]12C[C@H](C3CCOC3)OC(=O)[C@@H]1CC[C@@]13COC(=O)[C@@H]1CCC[C@H]23. The minimum atomic E-state index is -0.0759. The second kappa shape index (κ2) is 5.45. The van der Waals surface area contributed by atoms with Crippen molar-refractivity contribution in [1.82, 2.24) is 0 Å². The van der Waals surface area contributed by atoms with E-state index in [-0.39, 0.29) is 40.7 Å². The summed E-state index contributed by atoms with van der Waals surface area (Å²) in [4.78, 5) is 25.2. The van der Waals surface area contributed by atoms with E-state index in [4.69, 9.17) is 14.2 Å². The van der Waals surface area contributed by atoms with E-state index < -0.39 is 0 Å². The molecule has 3 saturated heterocycles. The average molecular weight is 348 g/mol. The van der Waals surface area contributed by atoms with Crippen LogP contribution in [0.15, 0.2) is 0 Å². The van der Waals surface area contributed by atoms with Gasteiger partial charge in [0, 0.05) is 17.9 Å². The van der Waals surface area contributed by atoms with Crippen LogP contribution in [0.2, 0.25) is 0 Å². The maximum Gasteiger partial charge on any atom is 0.309 e. The molecule has 5 aliphatic rings. The van der Waals surface area contributed by atoms with Crippen LogP contribution in [0.1, 0.15) is 51.9 Å². The largest absolute Gasteiger partial charge is 0.465 e. The van der Waals surface area contributed by atoms with E-state index in [0.717, 1.165) is 51.6 Å². The molecule has 1 spiro atoms. The van der Waals surface area contributed by atoms with E-state index in [1.807, 2.05) is 0 Å². The summed E-state index contributed by atoms with van der Waals surface area (Å²) in [6.07, 6.45) is 6.80. The van der Waals surface area contributed by atoms with Crippen molar-refractivity contribution in [3.8, 4) is 0 Å². The zero-order chi connectivity index (χ0) is 17.2. The lowest BCUT2D eigenvalue weighted by atomic mass is 9.44. The molecule has 5 nitrogen and oxygen atoms in total. The van der Waals surface area contributed by atoms with Gasteiger partial charge in [-0.05, 0) is 49.9 Å². The van der Waals surface area contributed by atoms with Crippen molar-refractivity contribution in [1.29, 1.82) is 0 Å². The highest BCUT2D eigenvalue weighted by atomic mass is 16.6. The van der Waals surface area contributed by atoms with Crippen molar-refractivity contribution >= 4 is 11.9 Å². The van der Waals surface area contributed by atoms with E-state index in [2.05, 4.69) is 6.92 Å². The molecule has 0 radical (unpaired) electrons. The van der Waals surface area contributed by atoms with Gasteiger partial charge in [-0.15, -0.1) is 0 Å². The molecule has 3 aliphatic heterocycles. The summed E-state index contributed by atoms with van der Waals surface area (Å²) in [7, 11) is 0. The van der Waals surface area contributed by atoms with Gasteiger partial charge < -0.3 is 14.2 Å². The second-order valence-corrected chi connectivity index (χ2v) is 9.28. The number of esters is 2. The number of hydrogen-bond donors (Lipinski definition) is 0. The van der Waals surface area contributed by atoms with Gasteiger partial charge in [0.25, 0.3) is 0 Å². The van der Waals surface area contributed by atoms with E-state index in [0.29, 0.717) is 25.0 Å². The molecule has 2 aliphatic carbocycles. The minimum absolute atomic E-state index is 0.00544. The van der Waals surface area contributed by atoms with Gasteiger partial charge in [-0.25, -0.2) is 0 Å². The predicted octanol–water partition coefficient (Wildman–Crippen LogP) is 2.71. The van der Waals surface area contributed by atoms with E-state index in [1.165, 1.54) is 0 Å². The number of rotatable bonds is 1. The Morgan fingerprint density at radius 3 is 2.72 bits per heavy atom. The minimum Gasteiger partial charge on any atom is -0.465 e. The van der Waals surface area contributed by atoms with Crippen molar-refractivity contribution in [2.45, 2.75) is 58.0 Å². The fourth-order valence-corrected chi connectivity index (χ4v) is 7.08. The molecular weight excluding hydrogens is 320 g/mol. The number of cyclic esters (lactones) is 2. The van der Waals surface area contributed by atoms with Crippen molar-refractivity contribution in [2.75, 3.05) is 19.8 Å². The molecule has 0 bridgehead atoms. The Bertz CT molecular complexity index is 597. The summed E-state index contributed by atoms with van der Waals surface area (Å²) < 4.78 is 17.0. The van der Waals surface area contributed by atoms with Gasteiger partial charge in [0.1, 0.15) is 6.10 Å². The summed E-state index contributed by atoms with van der Waals surface area (Å²) in [5, 5.41) is 0. The van der Waals surface area contributed by atoms with Crippen molar-refractivity contribution < 1.29 is 23.8 Å². The first-order valence-electron chi connectivity index (χ1n) is 9.99. The van der Waals surface area contributed by atoms with Crippen LogP contribution in [0.4, 0.5) is 0 Å². The first-order valence-corrected chi connectivity index (χ1v) is 9.99. The standard InChI is InChI=1S/C20H28O5/c1-19-9-15(12-6-8-23-10-12)25-18(22)13(19)5-7-20-11-24-17(21)14(20)3-2-4-16(19)20/h12-16H,2-11H2,1H3/t12?,13-,14-,15+,16+,19-,20+/m0/s1. The number of ether oxygens (including phenoxy) is 3. The summed E-state index contributed by atoms with van der Waals surface area (Å²) in [5.74, 6) is 0.757. The molecule has 0 amide bonds. The monoisotopic (exact) mass is 348 g/mol. The van der Waals surface area contributed by atoms with E-state index in [1.54, 1.807) is 0 Å². The second-order valence-electron chi connectivity index (χ2n) is 9.28. The molecule has 0 N–H and O–H groups in total. The van der Waals surface area contributed by atoms with Crippen LogP contribution in [0, 0.1) is 34.5 Å². The highest BCUT2D eigenvalue weighted by Gasteiger charge is 2.67. The Labute approximate surface area is 148 Å². The van der Waals surface area contributed by atoms with E-state index in [9.17, 15) is 9.59 Å². The van der Waals surface area contributed by atoms with Gasteiger partial charge in [-0.2, -0.15) is 0 Å². The fourth-order valence-electron chi connectivity index (χ4n) is 7.08. The fraction of sp³-hybridized carbons (Fsp3) is 0.900. The zero-order valence-electron chi connectivity index (χ0n) is 15.0. The van der Waals surface area contributed by atoms with Crippen LogP contribution in [0.25, 0.3) is 0 Å². The zero-order valence-corrected chi connectivity index (χ0v) is 15.0. The van der Waals surface area contributed by atoms with Gasteiger partial charge >= 0.3 is 11.9 Å². The first-order chi connectivity index (χ1) is 12.0. The molecule has 2 saturated carbocycles. The first kappa shape index (κ1) is 16.1. The molecule has 7 atom stereocenters. The molecule has 5 rings (SSSR count). The maximum absolute atomic E-state index is 12.9. The molecule has 5 fully saturated rings. The van der Waals surface area contributed by atoms with Gasteiger partial charge in [0.15, 0.2) is 0 Å². The molecule has 0 aromatic rings. The van der Waals surface area contributed by atoms with Crippen LogP contribution in [-0.2, 0) is 23.8 Å². The molecule has 3 heterocycles. The molecular formula is C20H28O5. The Balaban J connectivity index is 1.50. The molecule has 0 aromatic heterocycles. The van der Waals surface area contributed by atoms with Crippen LogP contribution >= 0.6 is 0 Å². The lowest BCUT2D eigenvalue weighted by Gasteiger charge is -2.60. The summed E-state index contributed by atoms with van der Waals surface area (Å²) >= 11 is 0. The van der Waals surface area contributed by atoms with Crippen molar-refractivity contribution in [3.63, 3.8) is 0 Å². The molecule has 0 aromatic carbocycles. The lowest BCUT2D eigenvalue weighted by Crippen LogP contribution is -2.60. The third-order valence-corrected chi connectivity index (χ3v) is 8.32. The summed E-state index contributed by atoms with van der Waals surface area (Å²) in [6.45, 7) is 4.35. The van der Waals surface area contributed by atoms with Gasteiger partial charge in [-0.1, -0.05) is 13.3 Å². The van der Waals surface area contributed by atoms with Crippen LogP contribution in [0.5, 0.6) is 0 Å². The Kier molecular flexibility index (Phi) is 3.51. The highest BCUT2D eigenvalue weighted by Crippen LogP contribution is 2.66. The molecule has 25 heavy (non-hydrogen) atoms. The maximum atomic E-state index is 12.9. The number of fused-ring (bicyclic) bond motifs is 2. The summed E-state index contributed by atoms with van der Waals surface area (Å²) in [5.41, 5.74) is -0.109. The molecule has 1 unspecified atom stereocenters. The molecule has 138 valence electrons. The average Bonchev–Trinajstić information content (AvgIpc) is 3.23. The van der Waals surface area contributed by atoms with Gasteiger partial charge in [-0.3, -0.25) is 9.59 Å². The smallest absolute Gasteiger partial charge is 0.309 e.